The summed E-state index contributed by atoms with van der Waals surface area (Å²) in [6.07, 6.45) is 17.4. The van der Waals surface area contributed by atoms with E-state index in [4.69, 9.17) is 15.0 Å². The van der Waals surface area contributed by atoms with E-state index in [1.165, 1.54) is 44.1 Å². The van der Waals surface area contributed by atoms with Crippen molar-refractivity contribution < 1.29 is 0 Å². The minimum Gasteiger partial charge on any atom is -0.309 e. The smallest absolute Gasteiger partial charge is 0.164 e. The third kappa shape index (κ3) is 6.32. The molecule has 8 aromatic rings. The van der Waals surface area contributed by atoms with Crippen molar-refractivity contribution in [2.24, 2.45) is 0 Å². The molecule has 2 heterocycles. The van der Waals surface area contributed by atoms with Crippen molar-refractivity contribution in [3.63, 3.8) is 0 Å². The first-order chi connectivity index (χ1) is 27.2. The maximum Gasteiger partial charge on any atom is 0.164 e. The Labute approximate surface area is 321 Å². The van der Waals surface area contributed by atoms with Gasteiger partial charge in [-0.3, -0.25) is 0 Å². The second kappa shape index (κ2) is 14.1. The van der Waals surface area contributed by atoms with Gasteiger partial charge >= 0.3 is 0 Å². The standard InChI is InChI=1S/C51H38N4/c1-4-13-35(14-5-1)41-19-12-20-42(33-41)43-29-32-46-45-21-10-11-22-47(45)55(48(46)34-43)44-30-27-37(28-31-44)36-23-25-40(26-24-36)51-53-49(38-15-6-2-7-16-38)52-50(54-51)39-17-8-3-9-18-39/h1-2,4,6-8,10-13,15-34H,3,5,9,14H2. The molecule has 0 aliphatic heterocycles. The fraction of sp³-hybridized carbons (Fsp3) is 0.0784. The van der Waals surface area contributed by atoms with Crippen molar-refractivity contribution in [1.29, 1.82) is 0 Å². The molecule has 0 saturated carbocycles. The number of hydrogen-bond donors (Lipinski definition) is 0. The first-order valence-electron chi connectivity index (χ1n) is 19.1. The van der Waals surface area contributed by atoms with E-state index in [-0.39, 0.29) is 0 Å². The summed E-state index contributed by atoms with van der Waals surface area (Å²) in [5.74, 6) is 2.06. The van der Waals surface area contributed by atoms with Crippen LogP contribution in [0.2, 0.25) is 0 Å². The van der Waals surface area contributed by atoms with Gasteiger partial charge in [0.2, 0.25) is 0 Å². The average molecular weight is 707 g/mol. The minimum atomic E-state index is 0.673. The van der Waals surface area contributed by atoms with Crippen molar-refractivity contribution in [2.75, 3.05) is 0 Å². The topological polar surface area (TPSA) is 43.6 Å². The monoisotopic (exact) mass is 706 g/mol. The molecule has 0 bridgehead atoms. The summed E-state index contributed by atoms with van der Waals surface area (Å²) in [5, 5.41) is 2.51. The number of benzene rings is 6. The Bertz CT molecular complexity index is 2830. The molecule has 0 atom stereocenters. The zero-order valence-electron chi connectivity index (χ0n) is 30.4. The number of aromatic nitrogens is 4. The zero-order valence-corrected chi connectivity index (χ0v) is 30.4. The Balaban J connectivity index is 0.987. The van der Waals surface area contributed by atoms with Crippen LogP contribution in [0, 0.1) is 0 Å². The van der Waals surface area contributed by atoms with Gasteiger partial charge in [0.25, 0.3) is 0 Å². The lowest BCUT2D eigenvalue weighted by Gasteiger charge is -2.12. The highest BCUT2D eigenvalue weighted by Crippen LogP contribution is 2.37. The van der Waals surface area contributed by atoms with E-state index in [0.29, 0.717) is 17.5 Å². The number of hydrogen-bond acceptors (Lipinski definition) is 3. The van der Waals surface area contributed by atoms with E-state index in [1.54, 1.807) is 0 Å². The summed E-state index contributed by atoms with van der Waals surface area (Å²) in [6, 6.07) is 52.2. The molecule has 0 fully saturated rings. The van der Waals surface area contributed by atoms with Gasteiger partial charge in [0.05, 0.1) is 11.0 Å². The van der Waals surface area contributed by atoms with Gasteiger partial charge in [-0.2, -0.15) is 0 Å². The maximum absolute atomic E-state index is 4.95. The van der Waals surface area contributed by atoms with E-state index >= 15 is 0 Å². The van der Waals surface area contributed by atoms with E-state index < -0.39 is 0 Å². The Morgan fingerprint density at radius 1 is 0.436 bits per heavy atom. The molecular formula is C51H38N4. The molecule has 2 aromatic heterocycles. The first kappa shape index (κ1) is 32.7. The molecule has 10 rings (SSSR count). The highest BCUT2D eigenvalue weighted by atomic mass is 15.0. The molecule has 0 spiro atoms. The molecule has 2 aliphatic carbocycles. The van der Waals surface area contributed by atoms with Crippen molar-refractivity contribution >= 4 is 33.0 Å². The zero-order chi connectivity index (χ0) is 36.6. The molecule has 2 aliphatic rings. The summed E-state index contributed by atoms with van der Waals surface area (Å²) < 4.78 is 2.40. The summed E-state index contributed by atoms with van der Waals surface area (Å²) in [7, 11) is 0. The van der Waals surface area contributed by atoms with Gasteiger partial charge < -0.3 is 4.57 Å². The lowest BCUT2D eigenvalue weighted by atomic mass is 9.94. The second-order valence-electron chi connectivity index (χ2n) is 14.3. The Kier molecular flexibility index (Phi) is 8.42. The van der Waals surface area contributed by atoms with Gasteiger partial charge in [0.15, 0.2) is 17.5 Å². The summed E-state index contributed by atoms with van der Waals surface area (Å²) in [6.45, 7) is 0. The molecule has 262 valence electrons. The molecule has 6 aromatic carbocycles. The number of nitrogens with zero attached hydrogens (tertiary/aromatic N) is 4. The van der Waals surface area contributed by atoms with Crippen LogP contribution in [0.3, 0.4) is 0 Å². The Morgan fingerprint density at radius 3 is 1.84 bits per heavy atom. The van der Waals surface area contributed by atoms with Crippen LogP contribution in [-0.2, 0) is 0 Å². The normalized spacial score (nSPS) is 14.0. The van der Waals surface area contributed by atoms with E-state index in [2.05, 4.69) is 156 Å². The summed E-state index contributed by atoms with van der Waals surface area (Å²) >= 11 is 0. The predicted octanol–water partition coefficient (Wildman–Crippen LogP) is 13.1. The van der Waals surface area contributed by atoms with Crippen LogP contribution in [0.4, 0.5) is 0 Å². The minimum absolute atomic E-state index is 0.673. The van der Waals surface area contributed by atoms with E-state index in [1.807, 2.05) is 30.3 Å². The molecule has 4 heteroatoms. The van der Waals surface area contributed by atoms with Gasteiger partial charge in [0.1, 0.15) is 0 Å². The van der Waals surface area contributed by atoms with Crippen LogP contribution in [0.1, 0.15) is 37.1 Å². The van der Waals surface area contributed by atoms with Crippen LogP contribution in [-0.4, -0.2) is 19.5 Å². The molecule has 0 radical (unpaired) electrons. The van der Waals surface area contributed by atoms with Gasteiger partial charge in [-0.15, -0.1) is 0 Å². The largest absolute Gasteiger partial charge is 0.309 e. The SMILES string of the molecule is C1=CCCC(c2cccc(-c3ccc4c5ccccc5n(-c5ccc(-c6ccc(-c7nc(C8=CCCC=C8)nc(-c8ccccc8)n7)cc6)cc5)c4c3)c2)=C1. The number of fused-ring (bicyclic) bond motifs is 3. The van der Waals surface area contributed by atoms with Crippen LogP contribution >= 0.6 is 0 Å². The first-order valence-corrected chi connectivity index (χ1v) is 19.1. The fourth-order valence-electron chi connectivity index (χ4n) is 7.91. The quantitative estimate of drug-likeness (QED) is 0.166. The molecular weight excluding hydrogens is 669 g/mol. The third-order valence-electron chi connectivity index (χ3n) is 10.8. The van der Waals surface area contributed by atoms with Crippen LogP contribution in [0.25, 0.3) is 83.7 Å². The second-order valence-corrected chi connectivity index (χ2v) is 14.3. The van der Waals surface area contributed by atoms with Gasteiger partial charge in [-0.25, -0.2) is 15.0 Å². The number of allylic oxidation sites excluding steroid dienone is 8. The molecule has 0 saturated heterocycles. The van der Waals surface area contributed by atoms with Crippen LogP contribution < -0.4 is 0 Å². The lowest BCUT2D eigenvalue weighted by molar-refractivity contribution is 1.01. The van der Waals surface area contributed by atoms with Crippen molar-refractivity contribution in [2.45, 2.75) is 25.7 Å². The third-order valence-corrected chi connectivity index (χ3v) is 10.8. The maximum atomic E-state index is 4.95. The fourth-order valence-corrected chi connectivity index (χ4v) is 7.91. The van der Waals surface area contributed by atoms with Crippen LogP contribution in [0.15, 0.2) is 182 Å². The molecule has 4 nitrogen and oxygen atoms in total. The van der Waals surface area contributed by atoms with Gasteiger partial charge in [-0.1, -0.05) is 152 Å². The van der Waals surface area contributed by atoms with Crippen LogP contribution in [0.5, 0.6) is 0 Å². The van der Waals surface area contributed by atoms with E-state index in [0.717, 1.165) is 59.2 Å². The summed E-state index contributed by atoms with van der Waals surface area (Å²) in [5.41, 5.74) is 14.0. The number of rotatable bonds is 7. The lowest BCUT2D eigenvalue weighted by Crippen LogP contribution is -2.03. The average Bonchev–Trinajstić information content (AvgIpc) is 3.61. The highest BCUT2D eigenvalue weighted by molar-refractivity contribution is 6.10. The molecule has 0 unspecified atom stereocenters. The van der Waals surface area contributed by atoms with Crippen molar-refractivity contribution in [3.05, 3.63) is 193 Å². The van der Waals surface area contributed by atoms with Crippen molar-refractivity contribution in [3.8, 4) is 50.7 Å². The summed E-state index contributed by atoms with van der Waals surface area (Å²) in [4.78, 5) is 14.8. The van der Waals surface area contributed by atoms with E-state index in [9.17, 15) is 0 Å². The van der Waals surface area contributed by atoms with Gasteiger partial charge in [0, 0.05) is 33.2 Å². The molecule has 55 heavy (non-hydrogen) atoms. The Hall–Kier alpha value is -6.91. The Morgan fingerprint density at radius 2 is 1.07 bits per heavy atom. The number of para-hydroxylation sites is 1. The highest BCUT2D eigenvalue weighted by Gasteiger charge is 2.16. The predicted molar refractivity (Wildman–Crippen MR) is 229 cm³/mol. The molecule has 0 N–H and O–H groups in total. The molecule has 0 amide bonds. The van der Waals surface area contributed by atoms with Crippen molar-refractivity contribution in [1.82, 2.24) is 19.5 Å². The van der Waals surface area contributed by atoms with Gasteiger partial charge in [-0.05, 0) is 89.4 Å².